The number of alkyl halides is 3. The van der Waals surface area contributed by atoms with E-state index >= 15 is 0 Å². The Hall–Kier alpha value is -1.03. The van der Waals surface area contributed by atoms with Crippen LogP contribution in [0.2, 0.25) is 0 Å². The van der Waals surface area contributed by atoms with Gasteiger partial charge in [-0.2, -0.15) is 13.2 Å². The van der Waals surface area contributed by atoms with E-state index in [4.69, 9.17) is 0 Å². The van der Waals surface area contributed by atoms with Crippen molar-refractivity contribution in [3.05, 3.63) is 35.4 Å². The molecule has 0 bridgehead atoms. The summed E-state index contributed by atoms with van der Waals surface area (Å²) in [5.74, 6) is 2.16. The average Bonchev–Trinajstić information content (AvgIpc) is 2.97. The van der Waals surface area contributed by atoms with Gasteiger partial charge < -0.3 is 5.32 Å². The lowest BCUT2D eigenvalue weighted by Crippen LogP contribution is -2.25. The fraction of sp³-hybridized carbons (Fsp3) is 0.600. The predicted octanol–water partition coefficient (Wildman–Crippen LogP) is 4.01. The van der Waals surface area contributed by atoms with E-state index in [1.165, 1.54) is 18.6 Å². The van der Waals surface area contributed by atoms with Gasteiger partial charge in [0.1, 0.15) is 0 Å². The van der Waals surface area contributed by atoms with Crippen LogP contribution < -0.4 is 5.32 Å². The van der Waals surface area contributed by atoms with Crippen LogP contribution in [0, 0.1) is 17.8 Å². The molecule has 3 unspecified atom stereocenters. The summed E-state index contributed by atoms with van der Waals surface area (Å²) in [6, 6.07) is 5.81. The highest BCUT2D eigenvalue weighted by Gasteiger charge is 2.48. The lowest BCUT2D eigenvalue weighted by molar-refractivity contribution is -0.137. The Morgan fingerprint density at radius 1 is 1.16 bits per heavy atom. The zero-order valence-corrected chi connectivity index (χ0v) is 10.9. The van der Waals surface area contributed by atoms with Gasteiger partial charge in [-0.1, -0.05) is 12.1 Å². The van der Waals surface area contributed by atoms with Crippen LogP contribution in [0.15, 0.2) is 24.3 Å². The highest BCUT2D eigenvalue weighted by atomic mass is 19.4. The molecule has 0 spiro atoms. The predicted molar refractivity (Wildman–Crippen MR) is 67.6 cm³/mol. The molecule has 1 aromatic rings. The summed E-state index contributed by atoms with van der Waals surface area (Å²) < 4.78 is 38.3. The van der Waals surface area contributed by atoms with E-state index in [0.717, 1.165) is 36.3 Å². The molecule has 104 valence electrons. The molecule has 0 heterocycles. The SMILES string of the molecule is CNC(c1cccc(C(F)(F)F)c1)C1CC2CC2C1. The first-order chi connectivity index (χ1) is 8.99. The van der Waals surface area contributed by atoms with E-state index in [1.54, 1.807) is 6.07 Å². The third-order valence-electron chi connectivity index (χ3n) is 4.64. The second-order valence-corrected chi connectivity index (χ2v) is 5.88. The van der Waals surface area contributed by atoms with Crippen LogP contribution in [-0.2, 0) is 6.18 Å². The largest absolute Gasteiger partial charge is 0.416 e. The number of hydrogen-bond acceptors (Lipinski definition) is 1. The monoisotopic (exact) mass is 269 g/mol. The summed E-state index contributed by atoms with van der Waals surface area (Å²) in [7, 11) is 1.84. The smallest absolute Gasteiger partial charge is 0.313 e. The quantitative estimate of drug-likeness (QED) is 0.874. The van der Waals surface area contributed by atoms with E-state index in [-0.39, 0.29) is 6.04 Å². The Morgan fingerprint density at radius 2 is 1.84 bits per heavy atom. The molecule has 2 aliphatic rings. The molecule has 3 rings (SSSR count). The maximum absolute atomic E-state index is 12.8. The van der Waals surface area contributed by atoms with Crippen LogP contribution in [-0.4, -0.2) is 7.05 Å². The van der Waals surface area contributed by atoms with Gasteiger partial charge in [-0.3, -0.25) is 0 Å². The van der Waals surface area contributed by atoms with Crippen molar-refractivity contribution in [2.24, 2.45) is 17.8 Å². The lowest BCUT2D eigenvalue weighted by atomic mass is 9.88. The second-order valence-electron chi connectivity index (χ2n) is 5.88. The molecule has 3 atom stereocenters. The summed E-state index contributed by atoms with van der Waals surface area (Å²) in [6.07, 6.45) is -0.611. The maximum atomic E-state index is 12.8. The third-order valence-corrected chi connectivity index (χ3v) is 4.64. The lowest BCUT2D eigenvalue weighted by Gasteiger charge is -2.25. The van der Waals surface area contributed by atoms with Crippen molar-refractivity contribution in [1.82, 2.24) is 5.32 Å². The van der Waals surface area contributed by atoms with E-state index in [0.29, 0.717) is 5.92 Å². The van der Waals surface area contributed by atoms with Gasteiger partial charge in [-0.05, 0) is 61.8 Å². The summed E-state index contributed by atoms with van der Waals surface area (Å²) in [5, 5.41) is 3.21. The number of rotatable bonds is 3. The molecule has 1 nitrogen and oxygen atoms in total. The van der Waals surface area contributed by atoms with Crippen molar-refractivity contribution in [2.45, 2.75) is 31.5 Å². The van der Waals surface area contributed by atoms with Crippen LogP contribution in [0.4, 0.5) is 13.2 Å². The first-order valence-electron chi connectivity index (χ1n) is 6.83. The normalized spacial score (nSPS) is 31.1. The number of benzene rings is 1. The van der Waals surface area contributed by atoms with E-state index in [1.807, 2.05) is 7.05 Å². The molecule has 2 saturated carbocycles. The standard InChI is InChI=1S/C15H18F3N/c1-19-14(12-6-10-5-11(10)7-12)9-3-2-4-13(8-9)15(16,17)18/h2-4,8,10-12,14,19H,5-7H2,1H3. The molecule has 0 amide bonds. The fourth-order valence-electron chi connectivity index (χ4n) is 3.62. The highest BCUT2D eigenvalue weighted by Crippen LogP contribution is 2.57. The van der Waals surface area contributed by atoms with Crippen molar-refractivity contribution in [1.29, 1.82) is 0 Å². The fourth-order valence-corrected chi connectivity index (χ4v) is 3.62. The topological polar surface area (TPSA) is 12.0 Å². The van der Waals surface area contributed by atoms with Gasteiger partial charge in [-0.25, -0.2) is 0 Å². The van der Waals surface area contributed by atoms with Crippen molar-refractivity contribution >= 4 is 0 Å². The first-order valence-corrected chi connectivity index (χ1v) is 6.83. The van der Waals surface area contributed by atoms with Gasteiger partial charge in [0.15, 0.2) is 0 Å². The Balaban J connectivity index is 1.82. The van der Waals surface area contributed by atoms with Gasteiger partial charge in [0, 0.05) is 6.04 Å². The Bertz CT molecular complexity index is 459. The first kappa shape index (κ1) is 13.0. The number of nitrogens with one attached hydrogen (secondary N) is 1. The summed E-state index contributed by atoms with van der Waals surface area (Å²) in [6.45, 7) is 0. The third kappa shape index (κ3) is 2.50. The van der Waals surface area contributed by atoms with Crippen molar-refractivity contribution in [3.8, 4) is 0 Å². The highest BCUT2D eigenvalue weighted by molar-refractivity contribution is 5.29. The Morgan fingerprint density at radius 3 is 2.42 bits per heavy atom. The van der Waals surface area contributed by atoms with Crippen LogP contribution in [0.3, 0.4) is 0 Å². The van der Waals surface area contributed by atoms with Gasteiger partial charge >= 0.3 is 6.18 Å². The molecule has 19 heavy (non-hydrogen) atoms. The number of hydrogen-bond donors (Lipinski definition) is 1. The van der Waals surface area contributed by atoms with Crippen molar-refractivity contribution in [2.75, 3.05) is 7.05 Å². The molecule has 2 fully saturated rings. The van der Waals surface area contributed by atoms with Crippen LogP contribution in [0.5, 0.6) is 0 Å². The number of fused-ring (bicyclic) bond motifs is 1. The summed E-state index contributed by atoms with van der Waals surface area (Å²) in [4.78, 5) is 0. The van der Waals surface area contributed by atoms with Gasteiger partial charge in [0.2, 0.25) is 0 Å². The van der Waals surface area contributed by atoms with E-state index < -0.39 is 11.7 Å². The minimum absolute atomic E-state index is 0.0510. The second kappa shape index (κ2) is 4.51. The van der Waals surface area contributed by atoms with Gasteiger partial charge in [0.25, 0.3) is 0 Å². The maximum Gasteiger partial charge on any atom is 0.416 e. The molecule has 0 radical (unpaired) electrons. The molecule has 0 aromatic heterocycles. The minimum atomic E-state index is -4.26. The molecule has 1 aromatic carbocycles. The van der Waals surface area contributed by atoms with Crippen LogP contribution in [0.1, 0.15) is 36.4 Å². The van der Waals surface area contributed by atoms with E-state index in [9.17, 15) is 13.2 Å². The Kier molecular flexibility index (Phi) is 3.08. The summed E-state index contributed by atoms with van der Waals surface area (Å²) in [5.41, 5.74) is 0.219. The molecular formula is C15H18F3N. The van der Waals surface area contributed by atoms with Gasteiger partial charge in [0.05, 0.1) is 5.56 Å². The minimum Gasteiger partial charge on any atom is -0.313 e. The average molecular weight is 269 g/mol. The molecule has 0 saturated heterocycles. The van der Waals surface area contributed by atoms with Crippen molar-refractivity contribution in [3.63, 3.8) is 0 Å². The Labute approximate surface area is 111 Å². The number of halogens is 3. The summed E-state index contributed by atoms with van der Waals surface area (Å²) >= 11 is 0. The molecule has 4 heteroatoms. The van der Waals surface area contributed by atoms with Crippen LogP contribution in [0.25, 0.3) is 0 Å². The van der Waals surface area contributed by atoms with Crippen molar-refractivity contribution < 1.29 is 13.2 Å². The van der Waals surface area contributed by atoms with Gasteiger partial charge in [-0.15, -0.1) is 0 Å². The van der Waals surface area contributed by atoms with Crippen LogP contribution >= 0.6 is 0 Å². The molecule has 2 aliphatic carbocycles. The van der Waals surface area contributed by atoms with E-state index in [2.05, 4.69) is 5.32 Å². The molecular weight excluding hydrogens is 251 g/mol. The zero-order chi connectivity index (χ0) is 13.6. The molecule has 1 N–H and O–H groups in total. The molecule has 0 aliphatic heterocycles. The zero-order valence-electron chi connectivity index (χ0n) is 10.9.